The molecule has 0 unspecified atom stereocenters. The summed E-state index contributed by atoms with van der Waals surface area (Å²) in [5.41, 5.74) is 1.62. The van der Waals surface area contributed by atoms with E-state index in [1.807, 2.05) is 24.3 Å². The number of benzene rings is 1. The maximum Gasteiger partial charge on any atom is 0.355 e. The van der Waals surface area contributed by atoms with Gasteiger partial charge in [-0.05, 0) is 13.0 Å². The molecule has 0 bridgehead atoms. The predicted molar refractivity (Wildman–Crippen MR) is 79.5 cm³/mol. The number of para-hydroxylation sites is 1. The third-order valence-corrected chi connectivity index (χ3v) is 3.26. The van der Waals surface area contributed by atoms with Crippen LogP contribution in [0, 0.1) is 10.1 Å². The minimum atomic E-state index is -0.487. The first-order chi connectivity index (χ1) is 9.97. The number of rotatable bonds is 4. The Morgan fingerprint density at radius 3 is 2.71 bits per heavy atom. The number of fused-ring (bicyclic) bond motifs is 1. The summed E-state index contributed by atoms with van der Waals surface area (Å²) in [6, 6.07) is 7.37. The first kappa shape index (κ1) is 14.8. The normalized spacial score (nSPS) is 11.7. The second-order valence-corrected chi connectivity index (χ2v) is 4.60. The fourth-order valence-electron chi connectivity index (χ4n) is 2.28. The van der Waals surface area contributed by atoms with Crippen molar-refractivity contribution in [3.63, 3.8) is 0 Å². The number of esters is 1. The Labute approximate surface area is 121 Å². The second kappa shape index (κ2) is 5.78. The largest absolute Gasteiger partial charge is 0.461 e. The molecule has 0 spiro atoms. The van der Waals surface area contributed by atoms with Crippen LogP contribution in [0.15, 0.2) is 30.0 Å². The van der Waals surface area contributed by atoms with Gasteiger partial charge < -0.3 is 9.30 Å². The van der Waals surface area contributed by atoms with Crippen LogP contribution in [-0.2, 0) is 11.8 Å². The maximum absolute atomic E-state index is 12.2. The van der Waals surface area contributed by atoms with Crippen molar-refractivity contribution in [1.82, 2.24) is 4.57 Å². The van der Waals surface area contributed by atoms with E-state index in [4.69, 9.17) is 4.74 Å². The highest BCUT2D eigenvalue weighted by Gasteiger charge is 2.22. The van der Waals surface area contributed by atoms with Gasteiger partial charge in [0.15, 0.2) is 0 Å². The monoisotopic (exact) mass is 288 g/mol. The fourth-order valence-corrected chi connectivity index (χ4v) is 2.28. The lowest BCUT2D eigenvalue weighted by Gasteiger charge is -2.05. The number of nitro groups is 1. The highest BCUT2D eigenvalue weighted by atomic mass is 16.6. The molecular weight excluding hydrogens is 272 g/mol. The molecule has 6 heteroatoms. The minimum absolute atomic E-state index is 0.0306. The zero-order valence-corrected chi connectivity index (χ0v) is 12.1. The molecule has 21 heavy (non-hydrogen) atoms. The standard InChI is InChI=1S/C15H16N2O4/c1-4-21-15(18)14-12(9-10(2)17(19)20)11-7-5-6-8-13(11)16(14)3/h5-9H,4H2,1-3H3/b10-9+. The fraction of sp³-hybridized carbons (Fsp3) is 0.267. The number of hydrogen-bond acceptors (Lipinski definition) is 4. The van der Waals surface area contributed by atoms with Gasteiger partial charge in [-0.15, -0.1) is 0 Å². The predicted octanol–water partition coefficient (Wildman–Crippen LogP) is 2.99. The molecule has 0 amide bonds. The Hall–Kier alpha value is -2.63. The summed E-state index contributed by atoms with van der Waals surface area (Å²) in [6.45, 7) is 3.37. The molecule has 0 aliphatic heterocycles. The van der Waals surface area contributed by atoms with Crippen LogP contribution in [0.5, 0.6) is 0 Å². The first-order valence-corrected chi connectivity index (χ1v) is 6.54. The van der Waals surface area contributed by atoms with Crippen molar-refractivity contribution in [3.05, 3.63) is 51.3 Å². The molecule has 2 rings (SSSR count). The molecule has 0 aliphatic carbocycles. The second-order valence-electron chi connectivity index (χ2n) is 4.60. The molecule has 0 atom stereocenters. The summed E-state index contributed by atoms with van der Waals surface area (Å²) in [7, 11) is 1.74. The van der Waals surface area contributed by atoms with Gasteiger partial charge >= 0.3 is 5.97 Å². The van der Waals surface area contributed by atoms with Crippen LogP contribution >= 0.6 is 0 Å². The van der Waals surface area contributed by atoms with Crippen LogP contribution in [0.4, 0.5) is 0 Å². The summed E-state index contributed by atoms with van der Waals surface area (Å²) in [6.07, 6.45) is 1.41. The molecule has 0 N–H and O–H groups in total. The summed E-state index contributed by atoms with van der Waals surface area (Å²) < 4.78 is 6.76. The van der Waals surface area contributed by atoms with Crippen molar-refractivity contribution in [3.8, 4) is 0 Å². The van der Waals surface area contributed by atoms with Gasteiger partial charge in [-0.25, -0.2) is 4.79 Å². The van der Waals surface area contributed by atoms with Crippen LogP contribution < -0.4 is 0 Å². The molecule has 110 valence electrons. The Kier molecular flexibility index (Phi) is 4.07. The van der Waals surface area contributed by atoms with E-state index in [-0.39, 0.29) is 12.3 Å². The zero-order valence-electron chi connectivity index (χ0n) is 12.1. The van der Waals surface area contributed by atoms with E-state index in [2.05, 4.69) is 0 Å². The summed E-state index contributed by atoms with van der Waals surface area (Å²) in [5, 5.41) is 11.6. The molecule has 2 aromatic rings. The van der Waals surface area contributed by atoms with Crippen LogP contribution in [0.1, 0.15) is 29.9 Å². The van der Waals surface area contributed by atoms with E-state index in [1.54, 1.807) is 18.5 Å². The Morgan fingerprint density at radius 1 is 1.43 bits per heavy atom. The number of aromatic nitrogens is 1. The van der Waals surface area contributed by atoms with Gasteiger partial charge in [0.2, 0.25) is 5.70 Å². The SMILES string of the molecule is CCOC(=O)c1c(/C=C(\C)[N+](=O)[O-])c2ccccc2n1C. The first-order valence-electron chi connectivity index (χ1n) is 6.54. The van der Waals surface area contributed by atoms with Crippen molar-refractivity contribution < 1.29 is 14.5 Å². The molecule has 0 fully saturated rings. The van der Waals surface area contributed by atoms with E-state index >= 15 is 0 Å². The average Bonchev–Trinajstić information content (AvgIpc) is 2.72. The Bertz CT molecular complexity index is 743. The van der Waals surface area contributed by atoms with Crippen LogP contribution in [0.2, 0.25) is 0 Å². The zero-order chi connectivity index (χ0) is 15.6. The van der Waals surface area contributed by atoms with E-state index in [9.17, 15) is 14.9 Å². The average molecular weight is 288 g/mol. The summed E-state index contributed by atoms with van der Waals surface area (Å²) in [4.78, 5) is 22.6. The van der Waals surface area contributed by atoms with Crippen molar-refractivity contribution in [2.45, 2.75) is 13.8 Å². The Morgan fingerprint density at radius 2 is 2.10 bits per heavy atom. The number of ether oxygens (including phenoxy) is 1. The summed E-state index contributed by atoms with van der Waals surface area (Å²) in [5.74, 6) is -0.487. The number of nitrogens with zero attached hydrogens (tertiary/aromatic N) is 2. The van der Waals surface area contributed by atoms with Gasteiger partial charge in [0.05, 0.1) is 11.5 Å². The van der Waals surface area contributed by atoms with Gasteiger partial charge in [-0.1, -0.05) is 18.2 Å². The van der Waals surface area contributed by atoms with Crippen molar-refractivity contribution in [2.24, 2.45) is 7.05 Å². The quantitative estimate of drug-likeness (QED) is 0.492. The number of hydrogen-bond donors (Lipinski definition) is 0. The highest BCUT2D eigenvalue weighted by molar-refractivity contribution is 6.03. The molecule has 0 saturated carbocycles. The van der Waals surface area contributed by atoms with Gasteiger partial charge in [0.1, 0.15) is 5.69 Å². The molecule has 0 saturated heterocycles. The van der Waals surface area contributed by atoms with Gasteiger partial charge in [0.25, 0.3) is 0 Å². The third kappa shape index (κ3) is 2.65. The van der Waals surface area contributed by atoms with Crippen LogP contribution in [0.3, 0.4) is 0 Å². The highest BCUT2D eigenvalue weighted by Crippen LogP contribution is 2.28. The van der Waals surface area contributed by atoms with Crippen molar-refractivity contribution in [2.75, 3.05) is 6.61 Å². The maximum atomic E-state index is 12.2. The smallest absolute Gasteiger partial charge is 0.355 e. The topological polar surface area (TPSA) is 74.4 Å². The van der Waals surface area contributed by atoms with E-state index in [0.29, 0.717) is 11.3 Å². The molecule has 1 aromatic heterocycles. The number of carbonyl (C=O) groups excluding carboxylic acids is 1. The molecular formula is C15H16N2O4. The van der Waals surface area contributed by atoms with Gasteiger partial charge in [0, 0.05) is 36.5 Å². The number of aryl methyl sites for hydroxylation is 1. The lowest BCUT2D eigenvalue weighted by molar-refractivity contribution is -0.422. The lowest BCUT2D eigenvalue weighted by atomic mass is 10.1. The van der Waals surface area contributed by atoms with Crippen molar-refractivity contribution in [1.29, 1.82) is 0 Å². The molecule has 0 radical (unpaired) electrons. The summed E-state index contributed by atoms with van der Waals surface area (Å²) >= 11 is 0. The minimum Gasteiger partial charge on any atom is -0.461 e. The number of carbonyl (C=O) groups is 1. The van der Waals surface area contributed by atoms with Gasteiger partial charge in [-0.2, -0.15) is 0 Å². The molecule has 6 nitrogen and oxygen atoms in total. The van der Waals surface area contributed by atoms with Crippen LogP contribution in [0.25, 0.3) is 17.0 Å². The van der Waals surface area contributed by atoms with Gasteiger partial charge in [-0.3, -0.25) is 10.1 Å². The third-order valence-electron chi connectivity index (χ3n) is 3.26. The van der Waals surface area contributed by atoms with Crippen molar-refractivity contribution >= 4 is 22.9 Å². The van der Waals surface area contributed by atoms with E-state index < -0.39 is 10.9 Å². The molecule has 1 heterocycles. The number of allylic oxidation sites excluding steroid dienone is 1. The Balaban J connectivity index is 2.76. The van der Waals surface area contributed by atoms with E-state index in [1.165, 1.54) is 13.0 Å². The molecule has 1 aromatic carbocycles. The van der Waals surface area contributed by atoms with E-state index in [0.717, 1.165) is 10.9 Å². The van der Waals surface area contributed by atoms with Crippen LogP contribution in [-0.4, -0.2) is 22.1 Å². The molecule has 0 aliphatic rings. The lowest BCUT2D eigenvalue weighted by Crippen LogP contribution is -2.11.